The van der Waals surface area contributed by atoms with Gasteiger partial charge in [-0.25, -0.2) is 4.98 Å². The van der Waals surface area contributed by atoms with E-state index in [0.717, 1.165) is 23.9 Å². The number of pyridine rings is 1. The molecule has 1 N–H and O–H groups in total. The highest BCUT2D eigenvalue weighted by atomic mass is 35.5. The highest BCUT2D eigenvalue weighted by Crippen LogP contribution is 2.26. The number of hydrogen-bond acceptors (Lipinski definition) is 3. The second-order valence-electron chi connectivity index (χ2n) is 5.60. The van der Waals surface area contributed by atoms with Gasteiger partial charge in [0.1, 0.15) is 0 Å². The predicted octanol–water partition coefficient (Wildman–Crippen LogP) is 4.30. The second kappa shape index (κ2) is 9.31. The Morgan fingerprint density at radius 1 is 1.33 bits per heavy atom. The van der Waals surface area contributed by atoms with Crippen molar-refractivity contribution in [2.75, 3.05) is 12.3 Å². The molecule has 0 saturated heterocycles. The van der Waals surface area contributed by atoms with Gasteiger partial charge < -0.3 is 5.32 Å². The van der Waals surface area contributed by atoms with Gasteiger partial charge in [-0.3, -0.25) is 4.79 Å². The van der Waals surface area contributed by atoms with Crippen molar-refractivity contribution in [3.8, 4) is 0 Å². The van der Waals surface area contributed by atoms with E-state index in [1.807, 2.05) is 6.07 Å². The Hall–Kier alpha value is -0.740. The quantitative estimate of drug-likeness (QED) is 0.600. The third-order valence-electron chi connectivity index (χ3n) is 3.89. The molecule has 0 unspecified atom stereocenters. The SMILES string of the molecule is O=C(CSc1ccc(Cl)cn1)NCCCC1CCCCC1. The smallest absolute Gasteiger partial charge is 0.230 e. The van der Waals surface area contributed by atoms with Crippen LogP contribution < -0.4 is 5.32 Å². The number of rotatable bonds is 7. The molecule has 1 aliphatic carbocycles. The first-order valence-electron chi connectivity index (χ1n) is 7.75. The van der Waals surface area contributed by atoms with Gasteiger partial charge >= 0.3 is 0 Å². The van der Waals surface area contributed by atoms with Crippen molar-refractivity contribution in [2.45, 2.75) is 50.0 Å². The molecule has 0 aliphatic heterocycles. The molecule has 0 spiro atoms. The van der Waals surface area contributed by atoms with Crippen molar-refractivity contribution in [3.63, 3.8) is 0 Å². The third kappa shape index (κ3) is 6.70. The summed E-state index contributed by atoms with van der Waals surface area (Å²) < 4.78 is 0. The Morgan fingerprint density at radius 2 is 2.14 bits per heavy atom. The molecule has 1 heterocycles. The number of carbonyl (C=O) groups excluding carboxylic acids is 1. The standard InChI is InChI=1S/C16H23ClN2OS/c17-14-8-9-16(19-11-14)21-12-15(20)18-10-4-7-13-5-2-1-3-6-13/h8-9,11,13H,1-7,10,12H2,(H,18,20). The lowest BCUT2D eigenvalue weighted by Gasteiger charge is -2.21. The van der Waals surface area contributed by atoms with Crippen molar-refractivity contribution >= 4 is 29.3 Å². The van der Waals surface area contributed by atoms with Crippen LogP contribution in [0, 0.1) is 5.92 Å². The summed E-state index contributed by atoms with van der Waals surface area (Å²) in [4.78, 5) is 15.9. The van der Waals surface area contributed by atoms with E-state index >= 15 is 0 Å². The highest BCUT2D eigenvalue weighted by Gasteiger charge is 2.12. The van der Waals surface area contributed by atoms with Gasteiger partial charge in [-0.2, -0.15) is 0 Å². The molecule has 5 heteroatoms. The summed E-state index contributed by atoms with van der Waals surface area (Å²) in [6.45, 7) is 0.796. The highest BCUT2D eigenvalue weighted by molar-refractivity contribution is 7.99. The summed E-state index contributed by atoms with van der Waals surface area (Å²) in [6, 6.07) is 3.63. The van der Waals surface area contributed by atoms with Crippen LogP contribution in [0.3, 0.4) is 0 Å². The van der Waals surface area contributed by atoms with Crippen LogP contribution in [0.5, 0.6) is 0 Å². The number of thioether (sulfide) groups is 1. The van der Waals surface area contributed by atoms with Gasteiger partial charge in [0.05, 0.1) is 15.8 Å². The average molecular weight is 327 g/mol. The number of amides is 1. The van der Waals surface area contributed by atoms with Crippen molar-refractivity contribution in [2.24, 2.45) is 5.92 Å². The monoisotopic (exact) mass is 326 g/mol. The first kappa shape index (κ1) is 16.6. The third-order valence-corrected chi connectivity index (χ3v) is 5.05. The van der Waals surface area contributed by atoms with E-state index in [0.29, 0.717) is 10.8 Å². The van der Waals surface area contributed by atoms with Gasteiger partial charge in [-0.15, -0.1) is 0 Å². The largest absolute Gasteiger partial charge is 0.355 e. The minimum atomic E-state index is 0.0837. The lowest BCUT2D eigenvalue weighted by atomic mass is 9.86. The maximum atomic E-state index is 11.7. The topological polar surface area (TPSA) is 42.0 Å². The molecule has 116 valence electrons. The van der Waals surface area contributed by atoms with Crippen LogP contribution in [0.15, 0.2) is 23.4 Å². The van der Waals surface area contributed by atoms with Crippen molar-refractivity contribution < 1.29 is 4.79 Å². The van der Waals surface area contributed by atoms with Crippen molar-refractivity contribution in [1.82, 2.24) is 10.3 Å². The zero-order chi connectivity index (χ0) is 14.9. The number of halogens is 1. The fourth-order valence-corrected chi connectivity index (χ4v) is 3.52. The van der Waals surface area contributed by atoms with E-state index in [1.54, 1.807) is 12.3 Å². The maximum absolute atomic E-state index is 11.7. The molecule has 1 aromatic rings. The fraction of sp³-hybridized carbons (Fsp3) is 0.625. The van der Waals surface area contributed by atoms with Crippen LogP contribution in [0.2, 0.25) is 5.02 Å². The lowest BCUT2D eigenvalue weighted by molar-refractivity contribution is -0.118. The minimum absolute atomic E-state index is 0.0837. The molecular weight excluding hydrogens is 304 g/mol. The molecule has 0 radical (unpaired) electrons. The average Bonchev–Trinajstić information content (AvgIpc) is 2.52. The Balaban J connectivity index is 1.54. The molecule has 1 saturated carbocycles. The molecule has 1 aliphatic rings. The Labute approximate surface area is 136 Å². The second-order valence-corrected chi connectivity index (χ2v) is 7.03. The molecular formula is C16H23ClN2OS. The summed E-state index contributed by atoms with van der Waals surface area (Å²) >= 11 is 7.21. The van der Waals surface area contributed by atoms with Gasteiger partial charge in [0.25, 0.3) is 0 Å². The summed E-state index contributed by atoms with van der Waals surface area (Å²) in [5.74, 6) is 1.39. The van der Waals surface area contributed by atoms with E-state index in [9.17, 15) is 4.79 Å². The number of nitrogens with zero attached hydrogens (tertiary/aromatic N) is 1. The van der Waals surface area contributed by atoms with Crippen LogP contribution >= 0.6 is 23.4 Å². The fourth-order valence-electron chi connectivity index (χ4n) is 2.73. The Bertz CT molecular complexity index is 432. The normalized spacial score (nSPS) is 15.9. The van der Waals surface area contributed by atoms with E-state index in [1.165, 1.54) is 50.3 Å². The molecule has 1 amide bonds. The van der Waals surface area contributed by atoms with Crippen molar-refractivity contribution in [3.05, 3.63) is 23.4 Å². The zero-order valence-electron chi connectivity index (χ0n) is 12.3. The van der Waals surface area contributed by atoms with Crippen LogP contribution in [0.4, 0.5) is 0 Å². The summed E-state index contributed by atoms with van der Waals surface area (Å²) in [5.41, 5.74) is 0. The Morgan fingerprint density at radius 3 is 2.86 bits per heavy atom. The molecule has 3 nitrogen and oxygen atoms in total. The van der Waals surface area contributed by atoms with Gasteiger partial charge in [-0.05, 0) is 30.9 Å². The molecule has 1 aromatic heterocycles. The number of carbonyl (C=O) groups is 1. The first-order valence-corrected chi connectivity index (χ1v) is 9.11. The molecule has 21 heavy (non-hydrogen) atoms. The van der Waals surface area contributed by atoms with Crippen molar-refractivity contribution in [1.29, 1.82) is 0 Å². The van der Waals surface area contributed by atoms with Gasteiger partial charge in [0.2, 0.25) is 5.91 Å². The van der Waals surface area contributed by atoms with E-state index in [2.05, 4.69) is 10.3 Å². The lowest BCUT2D eigenvalue weighted by Crippen LogP contribution is -2.26. The molecule has 1 fully saturated rings. The van der Waals surface area contributed by atoms with Crippen LogP contribution in [0.25, 0.3) is 0 Å². The molecule has 2 rings (SSSR count). The van der Waals surface area contributed by atoms with E-state index < -0.39 is 0 Å². The van der Waals surface area contributed by atoms with Gasteiger partial charge in [0, 0.05) is 12.7 Å². The van der Waals surface area contributed by atoms with Crippen LogP contribution in [0.1, 0.15) is 44.9 Å². The Kier molecular flexibility index (Phi) is 7.37. The van der Waals surface area contributed by atoms with Gasteiger partial charge in [-0.1, -0.05) is 55.5 Å². The molecule has 0 bridgehead atoms. The number of hydrogen-bond donors (Lipinski definition) is 1. The van der Waals surface area contributed by atoms with Crippen LogP contribution in [-0.4, -0.2) is 23.2 Å². The molecule has 0 atom stereocenters. The van der Waals surface area contributed by atoms with E-state index in [4.69, 9.17) is 11.6 Å². The zero-order valence-corrected chi connectivity index (χ0v) is 13.9. The first-order chi connectivity index (χ1) is 10.2. The number of nitrogens with one attached hydrogen (secondary N) is 1. The van der Waals surface area contributed by atoms with Crippen LogP contribution in [-0.2, 0) is 4.79 Å². The summed E-state index contributed by atoms with van der Waals surface area (Å²) in [7, 11) is 0. The maximum Gasteiger partial charge on any atom is 0.230 e. The van der Waals surface area contributed by atoms with Gasteiger partial charge in [0.15, 0.2) is 0 Å². The van der Waals surface area contributed by atoms with E-state index in [-0.39, 0.29) is 5.91 Å². The predicted molar refractivity (Wildman–Crippen MR) is 88.8 cm³/mol. The summed E-state index contributed by atoms with van der Waals surface area (Å²) in [6.07, 6.45) is 10.9. The summed E-state index contributed by atoms with van der Waals surface area (Å²) in [5, 5.41) is 4.44. The number of aromatic nitrogens is 1. The molecule has 0 aromatic carbocycles. The minimum Gasteiger partial charge on any atom is -0.355 e.